The molecule has 2 fully saturated rings. The quantitative estimate of drug-likeness (QED) is 0.770. The fraction of sp³-hybridized carbons (Fsp3) is 0.600. The number of rotatable bonds is 7. The lowest BCUT2D eigenvalue weighted by Crippen LogP contribution is -2.45. The number of amides is 1. The van der Waals surface area contributed by atoms with Gasteiger partial charge in [0.1, 0.15) is 0 Å². The molecule has 2 aliphatic rings. The molecule has 0 aromatic heterocycles. The Balaban J connectivity index is 1.46. The number of nitrogens with zero attached hydrogens (tertiary/aromatic N) is 1. The van der Waals surface area contributed by atoms with E-state index in [1.807, 2.05) is 13.0 Å². The van der Waals surface area contributed by atoms with Crippen molar-refractivity contribution in [1.29, 1.82) is 0 Å². The largest absolute Gasteiger partial charge is 0.466 e. The number of carbonyl (C=O) groups is 2. The van der Waals surface area contributed by atoms with Gasteiger partial charge in [-0.3, -0.25) is 14.5 Å². The molecule has 5 heteroatoms. The van der Waals surface area contributed by atoms with Gasteiger partial charge in [-0.1, -0.05) is 30.3 Å². The van der Waals surface area contributed by atoms with Gasteiger partial charge >= 0.3 is 5.97 Å². The van der Waals surface area contributed by atoms with Crippen molar-refractivity contribution in [2.45, 2.75) is 38.0 Å². The second-order valence-electron chi connectivity index (χ2n) is 7.25. The van der Waals surface area contributed by atoms with Gasteiger partial charge < -0.3 is 10.1 Å². The molecular weight excluding hydrogens is 316 g/mol. The molecule has 136 valence electrons. The summed E-state index contributed by atoms with van der Waals surface area (Å²) in [4.78, 5) is 26.3. The SMILES string of the molecule is CCOC(=O)C1CCCN(CC(=O)NCC2(c3ccccc3)CC2)C1. The van der Waals surface area contributed by atoms with Crippen LogP contribution in [0.1, 0.15) is 38.2 Å². The van der Waals surface area contributed by atoms with Crippen LogP contribution in [0.3, 0.4) is 0 Å². The van der Waals surface area contributed by atoms with E-state index < -0.39 is 0 Å². The average Bonchev–Trinajstić information content (AvgIpc) is 3.42. The summed E-state index contributed by atoms with van der Waals surface area (Å²) in [6.45, 7) is 4.79. The zero-order valence-electron chi connectivity index (χ0n) is 15.0. The van der Waals surface area contributed by atoms with Crippen molar-refractivity contribution in [3.05, 3.63) is 35.9 Å². The predicted molar refractivity (Wildman–Crippen MR) is 96.2 cm³/mol. The lowest BCUT2D eigenvalue weighted by Gasteiger charge is -2.31. The van der Waals surface area contributed by atoms with Crippen LogP contribution in [0, 0.1) is 5.92 Å². The predicted octanol–water partition coefficient (Wildman–Crippen LogP) is 2.11. The molecule has 1 aliphatic heterocycles. The third kappa shape index (κ3) is 4.60. The van der Waals surface area contributed by atoms with Crippen molar-refractivity contribution in [3.8, 4) is 0 Å². The van der Waals surface area contributed by atoms with E-state index in [0.717, 1.165) is 32.2 Å². The van der Waals surface area contributed by atoms with Crippen molar-refractivity contribution in [3.63, 3.8) is 0 Å². The smallest absolute Gasteiger partial charge is 0.310 e. The topological polar surface area (TPSA) is 58.6 Å². The highest BCUT2D eigenvalue weighted by Crippen LogP contribution is 2.47. The number of carbonyl (C=O) groups excluding carboxylic acids is 2. The Labute approximate surface area is 149 Å². The number of benzene rings is 1. The van der Waals surface area contributed by atoms with Crippen LogP contribution in [0.4, 0.5) is 0 Å². The van der Waals surface area contributed by atoms with Crippen LogP contribution in [0.5, 0.6) is 0 Å². The van der Waals surface area contributed by atoms with Gasteiger partial charge in [0.25, 0.3) is 0 Å². The monoisotopic (exact) mass is 344 g/mol. The molecule has 3 rings (SSSR count). The Morgan fingerprint density at radius 2 is 2.04 bits per heavy atom. The summed E-state index contributed by atoms with van der Waals surface area (Å²) in [6.07, 6.45) is 4.05. The highest BCUT2D eigenvalue weighted by atomic mass is 16.5. The van der Waals surface area contributed by atoms with Gasteiger partial charge in [-0.05, 0) is 44.7 Å². The molecule has 1 saturated carbocycles. The normalized spacial score (nSPS) is 22.2. The number of ether oxygens (including phenoxy) is 1. The van der Waals surface area contributed by atoms with E-state index in [-0.39, 0.29) is 23.2 Å². The van der Waals surface area contributed by atoms with Gasteiger partial charge in [-0.2, -0.15) is 0 Å². The summed E-state index contributed by atoms with van der Waals surface area (Å²) < 4.78 is 5.12. The molecule has 1 amide bonds. The van der Waals surface area contributed by atoms with Crippen LogP contribution in [0.25, 0.3) is 0 Å². The van der Waals surface area contributed by atoms with Crippen LogP contribution >= 0.6 is 0 Å². The van der Waals surface area contributed by atoms with E-state index in [1.165, 1.54) is 5.56 Å². The summed E-state index contributed by atoms with van der Waals surface area (Å²) in [5, 5.41) is 3.10. The van der Waals surface area contributed by atoms with Gasteiger partial charge in [0.15, 0.2) is 0 Å². The van der Waals surface area contributed by atoms with Crippen molar-refractivity contribution in [2.24, 2.45) is 5.92 Å². The number of hydrogen-bond donors (Lipinski definition) is 1. The van der Waals surface area contributed by atoms with E-state index in [1.54, 1.807) is 0 Å². The van der Waals surface area contributed by atoms with Gasteiger partial charge in [-0.25, -0.2) is 0 Å². The Hall–Kier alpha value is -1.88. The van der Waals surface area contributed by atoms with Crippen LogP contribution in [-0.2, 0) is 19.7 Å². The molecule has 1 aliphatic carbocycles. The van der Waals surface area contributed by atoms with Crippen molar-refractivity contribution in [2.75, 3.05) is 32.8 Å². The summed E-state index contributed by atoms with van der Waals surface area (Å²) in [5.74, 6) is -0.180. The minimum Gasteiger partial charge on any atom is -0.466 e. The maximum Gasteiger partial charge on any atom is 0.310 e. The molecular formula is C20H28N2O3. The molecule has 1 heterocycles. The number of piperidine rings is 1. The first-order chi connectivity index (χ1) is 12.1. The van der Waals surface area contributed by atoms with Crippen molar-refractivity contribution >= 4 is 11.9 Å². The molecule has 0 spiro atoms. The van der Waals surface area contributed by atoms with Crippen LogP contribution in [0.2, 0.25) is 0 Å². The fourth-order valence-corrected chi connectivity index (χ4v) is 3.69. The lowest BCUT2D eigenvalue weighted by molar-refractivity contribution is -0.150. The maximum atomic E-state index is 12.4. The zero-order valence-corrected chi connectivity index (χ0v) is 15.0. The fourth-order valence-electron chi connectivity index (χ4n) is 3.69. The molecule has 0 bridgehead atoms. The third-order valence-electron chi connectivity index (χ3n) is 5.36. The lowest BCUT2D eigenvalue weighted by atomic mass is 9.96. The van der Waals surface area contributed by atoms with Gasteiger partial charge in [-0.15, -0.1) is 0 Å². The average molecular weight is 344 g/mol. The molecule has 1 aromatic rings. The Morgan fingerprint density at radius 1 is 1.28 bits per heavy atom. The minimum absolute atomic E-state index is 0.0479. The Morgan fingerprint density at radius 3 is 2.72 bits per heavy atom. The first-order valence-electron chi connectivity index (χ1n) is 9.34. The zero-order chi connectivity index (χ0) is 17.7. The number of nitrogens with one attached hydrogen (secondary N) is 1. The van der Waals surface area contributed by atoms with E-state index >= 15 is 0 Å². The molecule has 1 unspecified atom stereocenters. The molecule has 1 N–H and O–H groups in total. The summed E-state index contributed by atoms with van der Waals surface area (Å²) >= 11 is 0. The van der Waals surface area contributed by atoms with Gasteiger partial charge in [0, 0.05) is 18.5 Å². The second-order valence-corrected chi connectivity index (χ2v) is 7.25. The number of hydrogen-bond acceptors (Lipinski definition) is 4. The molecule has 1 atom stereocenters. The molecule has 1 saturated heterocycles. The summed E-state index contributed by atoms with van der Waals surface area (Å²) in [6, 6.07) is 10.4. The molecule has 25 heavy (non-hydrogen) atoms. The summed E-state index contributed by atoms with van der Waals surface area (Å²) in [5.41, 5.74) is 1.45. The highest BCUT2D eigenvalue weighted by Gasteiger charge is 2.44. The first-order valence-corrected chi connectivity index (χ1v) is 9.34. The Bertz CT molecular complexity index is 598. The van der Waals surface area contributed by atoms with E-state index in [9.17, 15) is 9.59 Å². The maximum absolute atomic E-state index is 12.4. The second kappa shape index (κ2) is 8.00. The van der Waals surface area contributed by atoms with Crippen molar-refractivity contribution in [1.82, 2.24) is 10.2 Å². The summed E-state index contributed by atoms with van der Waals surface area (Å²) in [7, 11) is 0. The van der Waals surface area contributed by atoms with E-state index in [2.05, 4.69) is 34.5 Å². The van der Waals surface area contributed by atoms with E-state index in [4.69, 9.17) is 4.74 Å². The van der Waals surface area contributed by atoms with Gasteiger partial charge in [0.05, 0.1) is 19.1 Å². The molecule has 1 aromatic carbocycles. The third-order valence-corrected chi connectivity index (χ3v) is 5.36. The molecule has 0 radical (unpaired) electrons. The molecule has 5 nitrogen and oxygen atoms in total. The number of esters is 1. The first kappa shape index (κ1) is 17.9. The standard InChI is InChI=1S/C20H28N2O3/c1-2-25-19(24)16-7-6-12-22(13-16)14-18(23)21-15-20(10-11-20)17-8-4-3-5-9-17/h3-5,8-9,16H,2,6-7,10-15H2,1H3,(H,21,23). The Kier molecular flexibility index (Phi) is 5.74. The minimum atomic E-state index is -0.131. The van der Waals surface area contributed by atoms with E-state index in [0.29, 0.717) is 26.2 Å². The van der Waals surface area contributed by atoms with Crippen LogP contribution < -0.4 is 5.32 Å². The van der Waals surface area contributed by atoms with Crippen LogP contribution in [0.15, 0.2) is 30.3 Å². The van der Waals surface area contributed by atoms with Crippen molar-refractivity contribution < 1.29 is 14.3 Å². The van der Waals surface area contributed by atoms with Crippen LogP contribution in [-0.4, -0.2) is 49.6 Å². The highest BCUT2D eigenvalue weighted by molar-refractivity contribution is 5.78. The number of likely N-dealkylation sites (tertiary alicyclic amines) is 1. The van der Waals surface area contributed by atoms with Gasteiger partial charge in [0.2, 0.25) is 5.91 Å².